The summed E-state index contributed by atoms with van der Waals surface area (Å²) in [7, 11) is -3.48. The van der Waals surface area contributed by atoms with Crippen molar-refractivity contribution in [2.24, 2.45) is 5.14 Å². The van der Waals surface area contributed by atoms with E-state index in [-0.39, 0.29) is 17.8 Å². The molecule has 0 aliphatic rings. The predicted octanol–water partition coefficient (Wildman–Crippen LogP) is 1.96. The van der Waals surface area contributed by atoms with Gasteiger partial charge < -0.3 is 4.74 Å². The summed E-state index contributed by atoms with van der Waals surface area (Å²) in [5.41, 5.74) is 2.08. The highest BCUT2D eigenvalue weighted by molar-refractivity contribution is 7.89. The Kier molecular flexibility index (Phi) is 4.40. The van der Waals surface area contributed by atoms with Crippen LogP contribution >= 0.6 is 0 Å². The smallest absolute Gasteiger partial charge is 0.212 e. The van der Waals surface area contributed by atoms with E-state index >= 15 is 0 Å². The minimum atomic E-state index is -3.48. The van der Waals surface area contributed by atoms with Crippen molar-refractivity contribution in [3.05, 3.63) is 29.3 Å². The first-order valence-corrected chi connectivity index (χ1v) is 7.55. The topological polar surface area (TPSA) is 69.4 Å². The summed E-state index contributed by atoms with van der Waals surface area (Å²) in [6.07, 6.45) is 0. The number of nitrogens with two attached hydrogens (primary N) is 1. The van der Waals surface area contributed by atoms with Crippen LogP contribution in [0, 0.1) is 6.92 Å². The average Bonchev–Trinajstić information content (AvgIpc) is 2.13. The van der Waals surface area contributed by atoms with Crippen LogP contribution < -0.4 is 9.88 Å². The maximum Gasteiger partial charge on any atom is 0.212 e. The van der Waals surface area contributed by atoms with Gasteiger partial charge >= 0.3 is 0 Å². The van der Waals surface area contributed by atoms with Gasteiger partial charge in [-0.2, -0.15) is 0 Å². The molecule has 18 heavy (non-hydrogen) atoms. The third-order valence-electron chi connectivity index (χ3n) is 2.57. The molecular weight excluding hydrogens is 250 g/mol. The minimum Gasteiger partial charge on any atom is -0.492 e. The van der Waals surface area contributed by atoms with Crippen LogP contribution in [0.5, 0.6) is 5.75 Å². The van der Waals surface area contributed by atoms with Gasteiger partial charge in [0, 0.05) is 0 Å². The molecule has 0 unspecified atom stereocenters. The fourth-order valence-corrected chi connectivity index (χ4v) is 1.95. The number of benzene rings is 1. The van der Waals surface area contributed by atoms with Crippen molar-refractivity contribution in [1.82, 2.24) is 0 Å². The Morgan fingerprint density at radius 1 is 1.28 bits per heavy atom. The van der Waals surface area contributed by atoms with Gasteiger partial charge in [-0.3, -0.25) is 0 Å². The molecule has 0 saturated heterocycles. The third-order valence-corrected chi connectivity index (χ3v) is 3.31. The van der Waals surface area contributed by atoms with Crippen LogP contribution in [0.3, 0.4) is 0 Å². The zero-order valence-corrected chi connectivity index (χ0v) is 12.2. The van der Waals surface area contributed by atoms with Gasteiger partial charge in [0.05, 0.1) is 5.75 Å². The molecule has 0 saturated carbocycles. The number of hydrogen-bond acceptors (Lipinski definition) is 3. The Bertz CT molecular complexity index is 516. The van der Waals surface area contributed by atoms with Crippen molar-refractivity contribution >= 4 is 10.0 Å². The van der Waals surface area contributed by atoms with Gasteiger partial charge in [0.15, 0.2) is 0 Å². The number of rotatable bonds is 4. The van der Waals surface area contributed by atoms with Gasteiger partial charge in [0.2, 0.25) is 10.0 Å². The lowest BCUT2D eigenvalue weighted by Crippen LogP contribution is -2.22. The lowest BCUT2D eigenvalue weighted by atomic mass is 9.86. The molecule has 102 valence electrons. The summed E-state index contributed by atoms with van der Waals surface area (Å²) >= 11 is 0. The Balaban J connectivity index is 2.90. The van der Waals surface area contributed by atoms with Gasteiger partial charge in [-0.05, 0) is 29.5 Å². The van der Waals surface area contributed by atoms with Crippen LogP contribution in [0.4, 0.5) is 0 Å². The lowest BCUT2D eigenvalue weighted by molar-refractivity contribution is 0.330. The number of sulfonamides is 1. The Morgan fingerprint density at radius 3 is 2.39 bits per heavy atom. The van der Waals surface area contributed by atoms with Crippen LogP contribution in [0.15, 0.2) is 18.2 Å². The molecule has 0 aromatic heterocycles. The normalized spacial score (nSPS) is 12.5. The van der Waals surface area contributed by atoms with E-state index < -0.39 is 10.0 Å². The molecule has 0 atom stereocenters. The molecular formula is C13H21NO3S. The zero-order chi connectivity index (χ0) is 14.0. The Labute approximate surface area is 109 Å². The molecule has 0 bridgehead atoms. The second kappa shape index (κ2) is 5.28. The first-order chi connectivity index (χ1) is 8.09. The molecule has 0 radical (unpaired) electrons. The van der Waals surface area contributed by atoms with Crippen molar-refractivity contribution in [3.63, 3.8) is 0 Å². The molecule has 0 spiro atoms. The third kappa shape index (κ3) is 4.66. The molecule has 0 heterocycles. The molecule has 0 fully saturated rings. The van der Waals surface area contributed by atoms with E-state index in [0.29, 0.717) is 0 Å². The van der Waals surface area contributed by atoms with Crippen molar-refractivity contribution in [1.29, 1.82) is 0 Å². The van der Waals surface area contributed by atoms with E-state index in [1.807, 2.05) is 25.1 Å². The molecule has 0 aliphatic heterocycles. The van der Waals surface area contributed by atoms with E-state index in [1.54, 1.807) is 0 Å². The SMILES string of the molecule is Cc1ccc(C(C)(C)C)c(OCCS(N)(=O)=O)c1. The average molecular weight is 271 g/mol. The van der Waals surface area contributed by atoms with Crippen LogP contribution in [-0.2, 0) is 15.4 Å². The van der Waals surface area contributed by atoms with Gasteiger partial charge in [-0.1, -0.05) is 32.9 Å². The number of aryl methyl sites for hydroxylation is 1. The van der Waals surface area contributed by atoms with Gasteiger partial charge in [0.25, 0.3) is 0 Å². The highest BCUT2D eigenvalue weighted by atomic mass is 32.2. The zero-order valence-electron chi connectivity index (χ0n) is 11.4. The van der Waals surface area contributed by atoms with E-state index in [2.05, 4.69) is 20.8 Å². The highest BCUT2D eigenvalue weighted by Crippen LogP contribution is 2.31. The molecule has 4 nitrogen and oxygen atoms in total. The molecule has 1 rings (SSSR count). The van der Waals surface area contributed by atoms with Crippen LogP contribution in [-0.4, -0.2) is 20.8 Å². The minimum absolute atomic E-state index is 0.0510. The second-order valence-electron chi connectivity index (χ2n) is 5.47. The van der Waals surface area contributed by atoms with Crippen LogP contribution in [0.1, 0.15) is 31.9 Å². The molecule has 0 aliphatic carbocycles. The van der Waals surface area contributed by atoms with Crippen LogP contribution in [0.25, 0.3) is 0 Å². The van der Waals surface area contributed by atoms with Crippen molar-refractivity contribution in [2.45, 2.75) is 33.1 Å². The maximum absolute atomic E-state index is 10.9. The summed E-state index contributed by atoms with van der Waals surface area (Å²) in [4.78, 5) is 0. The summed E-state index contributed by atoms with van der Waals surface area (Å²) in [6.45, 7) is 8.31. The lowest BCUT2D eigenvalue weighted by Gasteiger charge is -2.23. The number of ether oxygens (including phenoxy) is 1. The number of primary sulfonamides is 1. The summed E-state index contributed by atoms with van der Waals surface area (Å²) in [6, 6.07) is 5.96. The largest absolute Gasteiger partial charge is 0.492 e. The molecule has 0 amide bonds. The second-order valence-corrected chi connectivity index (χ2v) is 7.20. The van der Waals surface area contributed by atoms with Gasteiger partial charge in [0.1, 0.15) is 12.4 Å². The van der Waals surface area contributed by atoms with E-state index in [1.165, 1.54) is 0 Å². The maximum atomic E-state index is 10.9. The van der Waals surface area contributed by atoms with E-state index in [0.717, 1.165) is 16.9 Å². The van der Waals surface area contributed by atoms with Crippen molar-refractivity contribution in [2.75, 3.05) is 12.4 Å². The summed E-state index contributed by atoms with van der Waals surface area (Å²) in [5, 5.41) is 4.95. The fourth-order valence-electron chi connectivity index (χ4n) is 1.64. The molecule has 1 aromatic rings. The summed E-state index contributed by atoms with van der Waals surface area (Å²) < 4.78 is 27.3. The van der Waals surface area contributed by atoms with Crippen molar-refractivity contribution < 1.29 is 13.2 Å². The highest BCUT2D eigenvalue weighted by Gasteiger charge is 2.19. The molecule has 5 heteroatoms. The monoisotopic (exact) mass is 271 g/mol. The first-order valence-electron chi connectivity index (χ1n) is 5.84. The van der Waals surface area contributed by atoms with Crippen molar-refractivity contribution in [3.8, 4) is 5.75 Å². The van der Waals surface area contributed by atoms with Gasteiger partial charge in [-0.25, -0.2) is 13.6 Å². The summed E-state index contributed by atoms with van der Waals surface area (Å²) in [5.74, 6) is 0.552. The first kappa shape index (κ1) is 15.0. The number of hydrogen-bond donors (Lipinski definition) is 1. The van der Waals surface area contributed by atoms with E-state index in [9.17, 15) is 8.42 Å². The predicted molar refractivity (Wildman–Crippen MR) is 73.3 cm³/mol. The van der Waals surface area contributed by atoms with Gasteiger partial charge in [-0.15, -0.1) is 0 Å². The Hall–Kier alpha value is -1.07. The molecule has 1 aromatic carbocycles. The van der Waals surface area contributed by atoms with E-state index in [4.69, 9.17) is 9.88 Å². The van der Waals surface area contributed by atoms with Crippen LogP contribution in [0.2, 0.25) is 0 Å². The quantitative estimate of drug-likeness (QED) is 0.910. The molecule has 2 N–H and O–H groups in total. The fraction of sp³-hybridized carbons (Fsp3) is 0.538. The Morgan fingerprint density at radius 2 is 1.89 bits per heavy atom. The standard InChI is InChI=1S/C13H21NO3S/c1-10-5-6-11(13(2,3)4)12(9-10)17-7-8-18(14,15)16/h5-6,9H,7-8H2,1-4H3,(H2,14,15,16).